The molecule has 7 heteroatoms. The fourth-order valence-corrected chi connectivity index (χ4v) is 3.25. The highest BCUT2D eigenvalue weighted by Gasteiger charge is 2.28. The van der Waals surface area contributed by atoms with Gasteiger partial charge < -0.3 is 15.4 Å². The molecule has 1 aromatic rings. The zero-order chi connectivity index (χ0) is 13.1. The Kier molecular flexibility index (Phi) is 4.23. The van der Waals surface area contributed by atoms with Crippen LogP contribution in [0.3, 0.4) is 0 Å². The van der Waals surface area contributed by atoms with Crippen molar-refractivity contribution in [2.45, 2.75) is 18.9 Å². The fourth-order valence-electron chi connectivity index (χ4n) is 1.97. The number of nitrogens with zero attached hydrogens (tertiary/aromatic N) is 1. The van der Waals surface area contributed by atoms with Gasteiger partial charge >= 0.3 is 12.0 Å². The summed E-state index contributed by atoms with van der Waals surface area (Å²) < 4.78 is 6.09. The second-order valence-corrected chi connectivity index (χ2v) is 6.49. The van der Waals surface area contributed by atoms with E-state index in [4.69, 9.17) is 10.5 Å². The number of rotatable bonds is 3. The number of hydrogen-bond acceptors (Lipinski definition) is 4. The second-order valence-electron chi connectivity index (χ2n) is 4.03. The van der Waals surface area contributed by atoms with Gasteiger partial charge in [-0.3, -0.25) is 0 Å². The number of hydrogen-bond donors (Lipinski definition) is 1. The molecular weight excluding hydrogens is 320 g/mol. The molecule has 0 bridgehead atoms. The molecule has 0 unspecified atom stereocenters. The molecule has 0 aromatic carbocycles. The lowest BCUT2D eigenvalue weighted by Gasteiger charge is -2.21. The van der Waals surface area contributed by atoms with Gasteiger partial charge in [0.05, 0.1) is 9.83 Å². The van der Waals surface area contributed by atoms with Crippen LogP contribution in [0.4, 0.5) is 4.79 Å². The van der Waals surface area contributed by atoms with Gasteiger partial charge in [-0.25, -0.2) is 9.59 Å². The maximum absolute atomic E-state index is 11.7. The largest absolute Gasteiger partial charge is 0.459 e. The van der Waals surface area contributed by atoms with Gasteiger partial charge in [0.2, 0.25) is 0 Å². The highest BCUT2D eigenvalue weighted by molar-refractivity contribution is 9.11. The highest BCUT2D eigenvalue weighted by atomic mass is 79.9. The topological polar surface area (TPSA) is 72.6 Å². The van der Waals surface area contributed by atoms with E-state index in [1.165, 1.54) is 11.3 Å². The van der Waals surface area contributed by atoms with Crippen molar-refractivity contribution >= 4 is 39.3 Å². The van der Waals surface area contributed by atoms with Gasteiger partial charge in [-0.1, -0.05) is 0 Å². The van der Waals surface area contributed by atoms with Crippen LogP contribution in [0.15, 0.2) is 15.9 Å². The van der Waals surface area contributed by atoms with Crippen molar-refractivity contribution in [3.05, 3.63) is 20.8 Å². The Morgan fingerprint density at radius 2 is 2.33 bits per heavy atom. The molecule has 2 N–H and O–H groups in total. The van der Waals surface area contributed by atoms with E-state index < -0.39 is 6.03 Å². The number of amides is 2. The molecule has 0 radical (unpaired) electrons. The van der Waals surface area contributed by atoms with E-state index in [1.54, 1.807) is 17.0 Å². The fraction of sp³-hybridized carbons (Fsp3) is 0.455. The van der Waals surface area contributed by atoms with Crippen molar-refractivity contribution in [3.8, 4) is 0 Å². The molecule has 1 atom stereocenters. The Labute approximate surface area is 117 Å². The van der Waals surface area contributed by atoms with E-state index in [-0.39, 0.29) is 18.6 Å². The molecule has 1 aromatic heterocycles. The number of primary amides is 1. The summed E-state index contributed by atoms with van der Waals surface area (Å²) in [6, 6.07) is 2.96. The summed E-state index contributed by atoms with van der Waals surface area (Å²) in [5, 5.41) is 0. The number of thiophene rings is 1. The summed E-state index contributed by atoms with van der Waals surface area (Å²) in [5.74, 6) is -0.359. The van der Waals surface area contributed by atoms with Gasteiger partial charge in [0.1, 0.15) is 11.5 Å². The first-order chi connectivity index (χ1) is 8.58. The third-order valence-corrected chi connectivity index (χ3v) is 4.45. The van der Waals surface area contributed by atoms with Crippen LogP contribution in [0, 0.1) is 0 Å². The first-order valence-electron chi connectivity index (χ1n) is 5.56. The first kappa shape index (κ1) is 13.4. The van der Waals surface area contributed by atoms with Crippen LogP contribution in [0.25, 0.3) is 0 Å². The average Bonchev–Trinajstić information content (AvgIpc) is 2.94. The zero-order valence-corrected chi connectivity index (χ0v) is 12.0. The number of halogens is 1. The SMILES string of the molecule is NC(=O)N1CCC[C@H]1COC(=O)c1ccc(Br)s1. The molecule has 2 heterocycles. The van der Waals surface area contributed by atoms with Crippen LogP contribution in [0.2, 0.25) is 0 Å². The Bertz CT molecular complexity index is 463. The lowest BCUT2D eigenvalue weighted by atomic mass is 10.2. The van der Waals surface area contributed by atoms with Gasteiger partial charge in [0, 0.05) is 6.54 Å². The summed E-state index contributed by atoms with van der Waals surface area (Å²) in [7, 11) is 0. The van der Waals surface area contributed by atoms with Crippen molar-refractivity contribution in [1.82, 2.24) is 4.90 Å². The summed E-state index contributed by atoms with van der Waals surface area (Å²) in [6.07, 6.45) is 1.72. The van der Waals surface area contributed by atoms with E-state index in [9.17, 15) is 9.59 Å². The maximum Gasteiger partial charge on any atom is 0.348 e. The normalized spacial score (nSPS) is 18.9. The first-order valence-corrected chi connectivity index (χ1v) is 7.17. The zero-order valence-electron chi connectivity index (χ0n) is 9.60. The van der Waals surface area contributed by atoms with Crippen LogP contribution in [0.5, 0.6) is 0 Å². The van der Waals surface area contributed by atoms with Crippen molar-refractivity contribution in [2.75, 3.05) is 13.2 Å². The van der Waals surface area contributed by atoms with Gasteiger partial charge in [0.25, 0.3) is 0 Å². The minimum absolute atomic E-state index is 0.0881. The molecule has 0 spiro atoms. The van der Waals surface area contributed by atoms with Gasteiger partial charge in [-0.2, -0.15) is 0 Å². The van der Waals surface area contributed by atoms with E-state index in [1.807, 2.05) is 0 Å². The van der Waals surface area contributed by atoms with Crippen molar-refractivity contribution in [3.63, 3.8) is 0 Å². The lowest BCUT2D eigenvalue weighted by Crippen LogP contribution is -2.41. The Morgan fingerprint density at radius 3 is 2.94 bits per heavy atom. The van der Waals surface area contributed by atoms with Crippen molar-refractivity contribution in [1.29, 1.82) is 0 Å². The quantitative estimate of drug-likeness (QED) is 0.862. The van der Waals surface area contributed by atoms with E-state index in [0.717, 1.165) is 16.6 Å². The smallest absolute Gasteiger partial charge is 0.348 e. The Hall–Kier alpha value is -1.08. The Morgan fingerprint density at radius 1 is 1.56 bits per heavy atom. The van der Waals surface area contributed by atoms with Crippen molar-refractivity contribution < 1.29 is 14.3 Å². The summed E-state index contributed by atoms with van der Waals surface area (Å²) >= 11 is 4.61. The van der Waals surface area contributed by atoms with Crippen LogP contribution in [0.1, 0.15) is 22.5 Å². The van der Waals surface area contributed by atoms with Crippen LogP contribution in [-0.4, -0.2) is 36.1 Å². The molecule has 5 nitrogen and oxygen atoms in total. The van der Waals surface area contributed by atoms with E-state index in [2.05, 4.69) is 15.9 Å². The predicted octanol–water partition coefficient (Wildman–Crippen LogP) is 2.21. The summed E-state index contributed by atoms with van der Waals surface area (Å²) in [4.78, 5) is 25.0. The molecular formula is C11H13BrN2O3S. The molecule has 2 rings (SSSR count). The monoisotopic (exact) mass is 332 g/mol. The predicted molar refractivity (Wildman–Crippen MR) is 71.6 cm³/mol. The van der Waals surface area contributed by atoms with Gasteiger partial charge in [-0.05, 0) is 40.9 Å². The molecule has 0 saturated carbocycles. The number of ether oxygens (including phenoxy) is 1. The number of esters is 1. The highest BCUT2D eigenvalue weighted by Crippen LogP contribution is 2.23. The minimum atomic E-state index is -0.451. The Balaban J connectivity index is 1.88. The summed E-state index contributed by atoms with van der Waals surface area (Å²) in [5.41, 5.74) is 5.25. The number of likely N-dealkylation sites (tertiary alicyclic amines) is 1. The van der Waals surface area contributed by atoms with Crippen molar-refractivity contribution in [2.24, 2.45) is 5.73 Å². The molecule has 0 aliphatic carbocycles. The second kappa shape index (κ2) is 5.71. The lowest BCUT2D eigenvalue weighted by molar-refractivity contribution is 0.0428. The molecule has 2 amide bonds. The number of carbonyl (C=O) groups is 2. The van der Waals surface area contributed by atoms with Gasteiger partial charge in [0.15, 0.2) is 0 Å². The minimum Gasteiger partial charge on any atom is -0.459 e. The number of carbonyl (C=O) groups excluding carboxylic acids is 2. The standard InChI is InChI=1S/C11H13BrN2O3S/c12-9-4-3-8(18-9)10(15)17-6-7-2-1-5-14(7)11(13)16/h3-4,7H,1-2,5-6H2,(H2,13,16)/t7-/m0/s1. The molecule has 1 saturated heterocycles. The molecule has 1 aliphatic rings. The maximum atomic E-state index is 11.7. The van der Waals surface area contributed by atoms with Crippen LogP contribution >= 0.6 is 27.3 Å². The van der Waals surface area contributed by atoms with Gasteiger partial charge in [-0.15, -0.1) is 11.3 Å². The average molecular weight is 333 g/mol. The summed E-state index contributed by atoms with van der Waals surface area (Å²) in [6.45, 7) is 0.847. The molecule has 1 aliphatic heterocycles. The molecule has 1 fully saturated rings. The third kappa shape index (κ3) is 3.02. The van der Waals surface area contributed by atoms with E-state index >= 15 is 0 Å². The third-order valence-electron chi connectivity index (χ3n) is 2.84. The van der Waals surface area contributed by atoms with Crippen LogP contribution < -0.4 is 5.73 Å². The molecule has 98 valence electrons. The number of nitrogens with two attached hydrogens (primary N) is 1. The van der Waals surface area contributed by atoms with E-state index in [0.29, 0.717) is 11.4 Å². The molecule has 18 heavy (non-hydrogen) atoms. The number of urea groups is 1. The van der Waals surface area contributed by atoms with Crippen LogP contribution in [-0.2, 0) is 4.74 Å².